The molecule has 3 aromatic rings. The van der Waals surface area contributed by atoms with E-state index in [0.717, 1.165) is 24.2 Å². The molecule has 0 aliphatic carbocycles. The zero-order valence-corrected chi connectivity index (χ0v) is 18.5. The topological polar surface area (TPSA) is 71.9 Å². The van der Waals surface area contributed by atoms with Crippen molar-refractivity contribution in [3.63, 3.8) is 0 Å². The average molecular weight is 425 g/mol. The maximum atomic E-state index is 12.5. The van der Waals surface area contributed by atoms with Crippen LogP contribution in [0.3, 0.4) is 0 Å². The van der Waals surface area contributed by atoms with Crippen molar-refractivity contribution >= 4 is 18.1 Å². The Labute approximate surface area is 182 Å². The van der Waals surface area contributed by atoms with Crippen molar-refractivity contribution in [2.45, 2.75) is 40.2 Å². The Balaban J connectivity index is 1.56. The minimum absolute atomic E-state index is 0.0830. The van der Waals surface area contributed by atoms with Crippen molar-refractivity contribution in [1.29, 1.82) is 0 Å². The molecule has 3 rings (SSSR count). The Morgan fingerprint density at radius 3 is 2.67 bits per heavy atom. The van der Waals surface area contributed by atoms with Gasteiger partial charge >= 0.3 is 0 Å². The summed E-state index contributed by atoms with van der Waals surface area (Å²) in [6.07, 6.45) is 1.83. The molecule has 0 saturated carbocycles. The predicted octanol–water partition coefficient (Wildman–Crippen LogP) is 4.37. The van der Waals surface area contributed by atoms with Gasteiger partial charge in [0.05, 0.1) is 6.61 Å². The molecule has 0 atom stereocenters. The second-order valence-electron chi connectivity index (χ2n) is 7.28. The second kappa shape index (κ2) is 10.2. The summed E-state index contributed by atoms with van der Waals surface area (Å²) in [5.41, 5.74) is 4.76. The predicted molar refractivity (Wildman–Crippen MR) is 121 cm³/mol. The molecule has 0 bridgehead atoms. The number of benzene rings is 2. The number of nitrogens with zero attached hydrogens (tertiary/aromatic N) is 2. The van der Waals surface area contributed by atoms with Crippen LogP contribution in [0.1, 0.15) is 30.0 Å². The van der Waals surface area contributed by atoms with Crippen LogP contribution in [0, 0.1) is 18.6 Å². The minimum Gasteiger partial charge on any atom is -0.494 e. The van der Waals surface area contributed by atoms with Gasteiger partial charge in [-0.25, -0.2) is 0 Å². The van der Waals surface area contributed by atoms with Gasteiger partial charge in [0.2, 0.25) is 5.91 Å². The number of hydrogen-bond acceptors (Lipinski definition) is 4. The molecule has 0 fully saturated rings. The van der Waals surface area contributed by atoms with E-state index in [-0.39, 0.29) is 12.5 Å². The van der Waals surface area contributed by atoms with E-state index in [1.54, 1.807) is 4.57 Å². The summed E-state index contributed by atoms with van der Waals surface area (Å²) in [6.45, 7) is 7.53. The van der Waals surface area contributed by atoms with E-state index < -0.39 is 0 Å². The van der Waals surface area contributed by atoms with E-state index >= 15 is 0 Å². The van der Waals surface area contributed by atoms with Gasteiger partial charge in [-0.05, 0) is 81.2 Å². The van der Waals surface area contributed by atoms with Crippen LogP contribution < -0.4 is 10.1 Å². The van der Waals surface area contributed by atoms with Gasteiger partial charge in [0.1, 0.15) is 12.3 Å². The Bertz CT molecular complexity index is 1050. The molecule has 0 unspecified atom stereocenters. The number of ether oxygens (including phenoxy) is 1. The van der Waals surface area contributed by atoms with E-state index in [9.17, 15) is 4.79 Å². The first-order chi connectivity index (χ1) is 14.5. The smallest absolute Gasteiger partial charge is 0.240 e. The quantitative estimate of drug-likeness (QED) is 0.395. The maximum absolute atomic E-state index is 12.5. The van der Waals surface area contributed by atoms with Crippen molar-refractivity contribution in [2.75, 3.05) is 13.2 Å². The first-order valence-electron chi connectivity index (χ1n) is 10.2. The highest BCUT2D eigenvalue weighted by molar-refractivity contribution is 7.71. The summed E-state index contributed by atoms with van der Waals surface area (Å²) in [5.74, 6) is 1.34. The molecule has 1 amide bonds. The SMILES string of the molecule is CCOc1ccc(-c2n[nH]c(=S)n2CC(=O)NCCCc2ccc(C)cc2C)cc1. The van der Waals surface area contributed by atoms with Crippen LogP contribution >= 0.6 is 12.2 Å². The number of carbonyl (C=O) groups excluding carboxylic acids is 1. The van der Waals surface area contributed by atoms with Crippen LogP contribution in [-0.2, 0) is 17.8 Å². The Hall–Kier alpha value is -2.93. The molecule has 0 aliphatic rings. The van der Waals surface area contributed by atoms with E-state index in [0.29, 0.717) is 23.7 Å². The number of amides is 1. The van der Waals surface area contributed by atoms with E-state index in [2.05, 4.69) is 47.6 Å². The first-order valence-corrected chi connectivity index (χ1v) is 10.6. The molecule has 0 aliphatic heterocycles. The van der Waals surface area contributed by atoms with Gasteiger partial charge in [-0.15, -0.1) is 0 Å². The van der Waals surface area contributed by atoms with Crippen LogP contribution in [0.5, 0.6) is 5.75 Å². The fourth-order valence-corrected chi connectivity index (χ4v) is 3.58. The normalized spacial score (nSPS) is 10.8. The minimum atomic E-state index is -0.0830. The summed E-state index contributed by atoms with van der Waals surface area (Å²) in [7, 11) is 0. The molecule has 0 spiro atoms. The highest BCUT2D eigenvalue weighted by Crippen LogP contribution is 2.21. The zero-order valence-electron chi connectivity index (χ0n) is 17.7. The second-order valence-corrected chi connectivity index (χ2v) is 7.67. The molecule has 0 radical (unpaired) electrons. The van der Waals surface area contributed by atoms with Gasteiger partial charge in [-0.2, -0.15) is 5.10 Å². The number of H-pyrrole nitrogens is 1. The number of nitrogens with one attached hydrogen (secondary N) is 2. The highest BCUT2D eigenvalue weighted by atomic mass is 32.1. The van der Waals surface area contributed by atoms with Crippen LogP contribution in [0.15, 0.2) is 42.5 Å². The molecule has 6 nitrogen and oxygen atoms in total. The Kier molecular flexibility index (Phi) is 7.41. The fourth-order valence-electron chi connectivity index (χ4n) is 3.38. The molecule has 2 aromatic carbocycles. The van der Waals surface area contributed by atoms with Gasteiger partial charge in [0.25, 0.3) is 0 Å². The van der Waals surface area contributed by atoms with Crippen molar-refractivity contribution < 1.29 is 9.53 Å². The van der Waals surface area contributed by atoms with Gasteiger partial charge in [0, 0.05) is 12.1 Å². The third kappa shape index (κ3) is 5.57. The number of aromatic amines is 1. The van der Waals surface area contributed by atoms with Crippen molar-refractivity contribution in [1.82, 2.24) is 20.1 Å². The lowest BCUT2D eigenvalue weighted by Crippen LogP contribution is -2.29. The van der Waals surface area contributed by atoms with Crippen molar-refractivity contribution in [3.8, 4) is 17.1 Å². The third-order valence-electron chi connectivity index (χ3n) is 4.93. The van der Waals surface area contributed by atoms with Crippen LogP contribution in [0.4, 0.5) is 0 Å². The molecule has 1 heterocycles. The first kappa shape index (κ1) is 21.8. The molecular weight excluding hydrogens is 396 g/mol. The standard InChI is InChI=1S/C23H28N4O2S/c1-4-29-20-11-9-19(10-12-20)22-25-26-23(30)27(22)15-21(28)24-13-5-6-18-8-7-16(2)14-17(18)3/h7-12,14H,4-6,13,15H2,1-3H3,(H,24,28)(H,26,30). The maximum Gasteiger partial charge on any atom is 0.240 e. The summed E-state index contributed by atoms with van der Waals surface area (Å²) < 4.78 is 7.61. The largest absolute Gasteiger partial charge is 0.494 e. The molecule has 1 aromatic heterocycles. The summed E-state index contributed by atoms with van der Waals surface area (Å²) >= 11 is 5.32. The van der Waals surface area contributed by atoms with E-state index in [4.69, 9.17) is 17.0 Å². The van der Waals surface area contributed by atoms with Crippen LogP contribution in [0.2, 0.25) is 0 Å². The average Bonchev–Trinajstić information content (AvgIpc) is 3.08. The molecule has 158 valence electrons. The lowest BCUT2D eigenvalue weighted by Gasteiger charge is -2.10. The van der Waals surface area contributed by atoms with Crippen molar-refractivity contribution in [2.24, 2.45) is 0 Å². The Morgan fingerprint density at radius 2 is 1.97 bits per heavy atom. The molecule has 2 N–H and O–H groups in total. The highest BCUT2D eigenvalue weighted by Gasteiger charge is 2.12. The lowest BCUT2D eigenvalue weighted by molar-refractivity contribution is -0.121. The fraction of sp³-hybridized carbons (Fsp3) is 0.348. The van der Waals surface area contributed by atoms with Gasteiger partial charge in [0.15, 0.2) is 10.6 Å². The number of rotatable bonds is 9. The number of carbonyl (C=O) groups is 1. The summed E-state index contributed by atoms with van der Waals surface area (Å²) in [5, 5.41) is 10.1. The van der Waals surface area contributed by atoms with Crippen molar-refractivity contribution in [3.05, 3.63) is 63.9 Å². The molecule has 0 saturated heterocycles. The van der Waals surface area contributed by atoms with Crippen LogP contribution in [0.25, 0.3) is 11.4 Å². The molecule has 30 heavy (non-hydrogen) atoms. The van der Waals surface area contributed by atoms with Gasteiger partial charge in [-0.3, -0.25) is 14.5 Å². The Morgan fingerprint density at radius 1 is 1.20 bits per heavy atom. The third-order valence-corrected chi connectivity index (χ3v) is 5.24. The van der Waals surface area contributed by atoms with Crippen LogP contribution in [-0.4, -0.2) is 33.8 Å². The monoisotopic (exact) mass is 424 g/mol. The number of hydrogen-bond donors (Lipinski definition) is 2. The van der Waals surface area contributed by atoms with Gasteiger partial charge in [-0.1, -0.05) is 23.8 Å². The van der Waals surface area contributed by atoms with Gasteiger partial charge < -0.3 is 10.1 Å². The number of aryl methyl sites for hydroxylation is 3. The molecule has 7 heteroatoms. The zero-order chi connectivity index (χ0) is 21.5. The summed E-state index contributed by atoms with van der Waals surface area (Å²) in [6, 6.07) is 14.1. The number of aromatic nitrogens is 3. The van der Waals surface area contributed by atoms with E-state index in [1.165, 1.54) is 16.7 Å². The van der Waals surface area contributed by atoms with E-state index in [1.807, 2.05) is 31.2 Å². The molecular formula is C23H28N4O2S. The summed E-state index contributed by atoms with van der Waals surface area (Å²) in [4.78, 5) is 12.5. The lowest BCUT2D eigenvalue weighted by atomic mass is 10.0.